The van der Waals surface area contributed by atoms with E-state index < -0.39 is 12.1 Å². The van der Waals surface area contributed by atoms with Crippen molar-refractivity contribution in [3.8, 4) is 5.88 Å². The second-order valence-electron chi connectivity index (χ2n) is 8.74. The van der Waals surface area contributed by atoms with E-state index in [-0.39, 0.29) is 24.7 Å². The van der Waals surface area contributed by atoms with Crippen LogP contribution in [0.2, 0.25) is 0 Å². The van der Waals surface area contributed by atoms with E-state index in [9.17, 15) is 18.0 Å². The lowest BCUT2D eigenvalue weighted by molar-refractivity contribution is -0.184. The predicted octanol–water partition coefficient (Wildman–Crippen LogP) is 6.42. The summed E-state index contributed by atoms with van der Waals surface area (Å²) in [5.41, 5.74) is 2.07. The van der Waals surface area contributed by atoms with Crippen LogP contribution in [0.25, 0.3) is 10.9 Å². The first-order valence-electron chi connectivity index (χ1n) is 11.8. The third-order valence-electron chi connectivity index (χ3n) is 6.31. The molecule has 1 saturated carbocycles. The molecule has 186 valence electrons. The molecule has 35 heavy (non-hydrogen) atoms. The molecule has 0 spiro atoms. The number of thioether (sulfide) groups is 1. The number of carbonyl (C=O) groups excluding carboxylic acids is 1. The van der Waals surface area contributed by atoms with E-state index in [1.54, 1.807) is 30.0 Å². The summed E-state index contributed by atoms with van der Waals surface area (Å²) in [6.45, 7) is 2.84. The van der Waals surface area contributed by atoms with Gasteiger partial charge in [-0.05, 0) is 73.2 Å². The molecule has 0 unspecified atom stereocenters. The van der Waals surface area contributed by atoms with Gasteiger partial charge in [-0.3, -0.25) is 4.79 Å². The van der Waals surface area contributed by atoms with Gasteiger partial charge in [-0.2, -0.15) is 13.2 Å². The Hall–Kier alpha value is -2.81. The number of nitrogens with zero attached hydrogens (tertiary/aromatic N) is 2. The zero-order valence-corrected chi connectivity index (χ0v) is 20.3. The Balaban J connectivity index is 1.34. The maximum absolute atomic E-state index is 12.9. The summed E-state index contributed by atoms with van der Waals surface area (Å²) >= 11 is 1.77. The van der Waals surface area contributed by atoms with Gasteiger partial charge >= 0.3 is 6.18 Å². The minimum atomic E-state index is -4.11. The van der Waals surface area contributed by atoms with Crippen LogP contribution in [0.15, 0.2) is 53.7 Å². The largest absolute Gasteiger partial charge is 0.477 e. The van der Waals surface area contributed by atoms with Gasteiger partial charge in [0.25, 0.3) is 5.91 Å². The summed E-state index contributed by atoms with van der Waals surface area (Å²) in [6.07, 6.45) is -1.49. The van der Waals surface area contributed by atoms with Crippen LogP contribution in [0.3, 0.4) is 0 Å². The van der Waals surface area contributed by atoms with Gasteiger partial charge in [0.05, 0.1) is 23.4 Å². The second-order valence-corrected chi connectivity index (χ2v) is 10.1. The first-order chi connectivity index (χ1) is 16.8. The number of hydrogen-bond donors (Lipinski definition) is 1. The fourth-order valence-electron chi connectivity index (χ4n) is 4.30. The molecule has 4 rings (SSSR count). The van der Waals surface area contributed by atoms with Crippen LogP contribution in [0.1, 0.15) is 48.5 Å². The Morgan fingerprint density at radius 1 is 1.09 bits per heavy atom. The quantitative estimate of drug-likeness (QED) is 0.360. The summed E-state index contributed by atoms with van der Waals surface area (Å²) in [5, 5.41) is 3.59. The summed E-state index contributed by atoms with van der Waals surface area (Å²) in [4.78, 5) is 22.3. The number of hydrogen-bond acceptors (Lipinski definition) is 5. The summed E-state index contributed by atoms with van der Waals surface area (Å²) < 4.78 is 44.5. The molecule has 2 aromatic carbocycles. The highest BCUT2D eigenvalue weighted by molar-refractivity contribution is 7.99. The molecule has 1 N–H and O–H groups in total. The lowest BCUT2D eigenvalue weighted by atomic mass is 9.82. The highest BCUT2D eigenvalue weighted by atomic mass is 32.2. The zero-order chi connectivity index (χ0) is 24.8. The number of fused-ring (bicyclic) bond motifs is 1. The molecular formula is C26H28F3N3O2S. The molecule has 1 fully saturated rings. The number of halogens is 3. The van der Waals surface area contributed by atoms with Crippen LogP contribution >= 0.6 is 11.8 Å². The Morgan fingerprint density at radius 2 is 1.83 bits per heavy atom. The molecule has 0 aliphatic heterocycles. The fourth-order valence-corrected chi connectivity index (χ4v) is 4.96. The maximum Gasteiger partial charge on any atom is 0.391 e. The Kier molecular flexibility index (Phi) is 8.15. The van der Waals surface area contributed by atoms with Crippen LogP contribution in [-0.4, -0.2) is 34.4 Å². The first-order valence-corrected chi connectivity index (χ1v) is 12.8. The predicted molar refractivity (Wildman–Crippen MR) is 131 cm³/mol. The third kappa shape index (κ3) is 6.66. The van der Waals surface area contributed by atoms with Crippen LogP contribution < -0.4 is 10.1 Å². The Morgan fingerprint density at radius 3 is 2.51 bits per heavy atom. The van der Waals surface area contributed by atoms with Crippen molar-refractivity contribution in [2.45, 2.75) is 50.2 Å². The maximum atomic E-state index is 12.9. The van der Waals surface area contributed by atoms with Gasteiger partial charge < -0.3 is 10.1 Å². The van der Waals surface area contributed by atoms with E-state index in [1.165, 1.54) is 11.2 Å². The standard InChI is InChI=1S/C26H28F3N3O2S/c1-2-35-21-10-5-17(6-11-21)14-30-24(33)19-7-12-22-23(13-19)31-16-32-25(22)34-15-18-3-8-20(9-4-18)26(27,28)29/h5-7,10-13,16,18,20H,2-4,8-9,14-15H2,1H3,(H,30,33). The molecule has 0 saturated heterocycles. The number of alkyl halides is 3. The summed E-state index contributed by atoms with van der Waals surface area (Å²) in [5.74, 6) is 0.0457. The van der Waals surface area contributed by atoms with Crippen LogP contribution in [0.5, 0.6) is 5.88 Å². The van der Waals surface area contributed by atoms with Crippen LogP contribution in [0, 0.1) is 11.8 Å². The monoisotopic (exact) mass is 503 g/mol. The van der Waals surface area contributed by atoms with Crippen molar-refractivity contribution in [2.75, 3.05) is 12.4 Å². The molecule has 0 atom stereocenters. The van der Waals surface area contributed by atoms with Crippen molar-refractivity contribution in [1.82, 2.24) is 15.3 Å². The lowest BCUT2D eigenvalue weighted by Gasteiger charge is -2.29. The molecule has 1 amide bonds. The zero-order valence-electron chi connectivity index (χ0n) is 19.5. The molecule has 5 nitrogen and oxygen atoms in total. The normalized spacial score (nSPS) is 18.4. The van der Waals surface area contributed by atoms with Crippen molar-refractivity contribution in [3.05, 3.63) is 59.9 Å². The minimum absolute atomic E-state index is 0.0679. The van der Waals surface area contributed by atoms with Crippen molar-refractivity contribution in [1.29, 1.82) is 0 Å². The van der Waals surface area contributed by atoms with E-state index >= 15 is 0 Å². The molecule has 1 heterocycles. The first kappa shape index (κ1) is 25.3. The SMILES string of the molecule is CCSc1ccc(CNC(=O)c2ccc3c(OCC4CCC(C(F)(F)F)CC4)ncnc3c2)cc1. The molecule has 0 radical (unpaired) electrons. The van der Waals surface area contributed by atoms with Crippen molar-refractivity contribution >= 4 is 28.6 Å². The number of ether oxygens (including phenoxy) is 1. The molecule has 1 aromatic heterocycles. The average molecular weight is 504 g/mol. The van der Waals surface area contributed by atoms with E-state index in [0.29, 0.717) is 48.3 Å². The van der Waals surface area contributed by atoms with Gasteiger partial charge in [0.2, 0.25) is 5.88 Å². The summed E-state index contributed by atoms with van der Waals surface area (Å²) in [6, 6.07) is 13.2. The smallest absolute Gasteiger partial charge is 0.391 e. The average Bonchev–Trinajstić information content (AvgIpc) is 2.86. The van der Waals surface area contributed by atoms with Gasteiger partial charge in [0.15, 0.2) is 0 Å². The summed E-state index contributed by atoms with van der Waals surface area (Å²) in [7, 11) is 0. The minimum Gasteiger partial charge on any atom is -0.477 e. The van der Waals surface area contributed by atoms with Crippen molar-refractivity contribution in [2.24, 2.45) is 11.8 Å². The van der Waals surface area contributed by atoms with Gasteiger partial charge in [-0.15, -0.1) is 11.8 Å². The van der Waals surface area contributed by atoms with E-state index in [4.69, 9.17) is 4.74 Å². The van der Waals surface area contributed by atoms with E-state index in [1.807, 2.05) is 24.3 Å². The molecule has 1 aliphatic carbocycles. The van der Waals surface area contributed by atoms with E-state index in [0.717, 1.165) is 11.3 Å². The number of aromatic nitrogens is 2. The van der Waals surface area contributed by atoms with Gasteiger partial charge in [-0.25, -0.2) is 9.97 Å². The lowest BCUT2D eigenvalue weighted by Crippen LogP contribution is -2.29. The highest BCUT2D eigenvalue weighted by Crippen LogP contribution is 2.39. The van der Waals surface area contributed by atoms with Gasteiger partial charge in [0, 0.05) is 17.0 Å². The number of nitrogens with one attached hydrogen (secondary N) is 1. The van der Waals surface area contributed by atoms with Crippen LogP contribution in [0.4, 0.5) is 13.2 Å². The Labute approximate surface area is 206 Å². The molecule has 1 aliphatic rings. The van der Waals surface area contributed by atoms with Crippen molar-refractivity contribution in [3.63, 3.8) is 0 Å². The topological polar surface area (TPSA) is 64.1 Å². The number of amides is 1. The molecular weight excluding hydrogens is 475 g/mol. The Bertz CT molecular complexity index is 1150. The van der Waals surface area contributed by atoms with Gasteiger partial charge in [0.1, 0.15) is 6.33 Å². The number of benzene rings is 2. The fraction of sp³-hybridized carbons (Fsp3) is 0.423. The highest BCUT2D eigenvalue weighted by Gasteiger charge is 2.41. The van der Waals surface area contributed by atoms with E-state index in [2.05, 4.69) is 22.2 Å². The molecule has 3 aromatic rings. The number of carbonyl (C=O) groups is 1. The second kappa shape index (κ2) is 11.3. The number of rotatable bonds is 8. The molecule has 0 bridgehead atoms. The van der Waals surface area contributed by atoms with Gasteiger partial charge in [-0.1, -0.05) is 19.1 Å². The molecule has 9 heteroatoms. The van der Waals surface area contributed by atoms with Crippen LogP contribution in [-0.2, 0) is 6.54 Å². The third-order valence-corrected chi connectivity index (χ3v) is 7.21. The van der Waals surface area contributed by atoms with Crippen molar-refractivity contribution < 1.29 is 22.7 Å².